The molecule has 0 spiro atoms. The molecule has 0 saturated heterocycles. The number of hydrogen-bond donors (Lipinski definition) is 2. The van der Waals surface area contributed by atoms with E-state index in [9.17, 15) is 0 Å². The van der Waals surface area contributed by atoms with Gasteiger partial charge in [-0.1, -0.05) is 6.42 Å². The molecule has 19 heavy (non-hydrogen) atoms. The zero-order valence-corrected chi connectivity index (χ0v) is 12.8. The Morgan fingerprint density at radius 3 is 2.53 bits per heavy atom. The van der Waals surface area contributed by atoms with Crippen molar-refractivity contribution < 1.29 is 0 Å². The van der Waals surface area contributed by atoms with E-state index in [1.54, 1.807) is 0 Å². The van der Waals surface area contributed by atoms with E-state index in [-0.39, 0.29) is 0 Å². The minimum absolute atomic E-state index is 0.456. The van der Waals surface area contributed by atoms with Gasteiger partial charge >= 0.3 is 0 Å². The molecule has 1 aromatic rings. The van der Waals surface area contributed by atoms with Crippen molar-refractivity contribution in [2.45, 2.75) is 30.6 Å². The lowest BCUT2D eigenvalue weighted by Crippen LogP contribution is -2.27. The van der Waals surface area contributed by atoms with Gasteiger partial charge in [-0.3, -0.25) is 0 Å². The summed E-state index contributed by atoms with van der Waals surface area (Å²) in [6, 6.07) is 0.456. The number of anilines is 3. The molecule has 1 saturated carbocycles. The molecule has 2 unspecified atom stereocenters. The second kappa shape index (κ2) is 6.27. The predicted molar refractivity (Wildman–Crippen MR) is 82.3 cm³/mol. The van der Waals surface area contributed by atoms with Gasteiger partial charge in [0.1, 0.15) is 0 Å². The quantitative estimate of drug-likeness (QED) is 0.851. The van der Waals surface area contributed by atoms with E-state index in [0.29, 0.717) is 29.1 Å². The Labute approximate surface area is 118 Å². The van der Waals surface area contributed by atoms with Crippen molar-refractivity contribution >= 4 is 29.6 Å². The molecule has 0 bridgehead atoms. The van der Waals surface area contributed by atoms with Crippen LogP contribution in [-0.4, -0.2) is 53.6 Å². The van der Waals surface area contributed by atoms with Crippen molar-refractivity contribution in [1.82, 2.24) is 15.0 Å². The summed E-state index contributed by atoms with van der Waals surface area (Å²) in [5, 5.41) is 7.09. The summed E-state index contributed by atoms with van der Waals surface area (Å²) in [6.07, 6.45) is 5.89. The van der Waals surface area contributed by atoms with Crippen LogP contribution in [-0.2, 0) is 0 Å². The van der Waals surface area contributed by atoms with Gasteiger partial charge in [0.05, 0.1) is 0 Å². The largest absolute Gasteiger partial charge is 0.357 e. The molecule has 0 radical (unpaired) electrons. The Morgan fingerprint density at radius 1 is 1.16 bits per heavy atom. The van der Waals surface area contributed by atoms with Crippen LogP contribution in [0.4, 0.5) is 17.8 Å². The third-order valence-electron chi connectivity index (χ3n) is 3.32. The summed E-state index contributed by atoms with van der Waals surface area (Å²) in [5.41, 5.74) is 0. The minimum atomic E-state index is 0.456. The van der Waals surface area contributed by atoms with Crippen molar-refractivity contribution in [3.8, 4) is 0 Å². The predicted octanol–water partition coefficient (Wildman–Crippen LogP) is 1.68. The van der Waals surface area contributed by atoms with Gasteiger partial charge in [-0.05, 0) is 19.1 Å². The van der Waals surface area contributed by atoms with Crippen LogP contribution in [0.15, 0.2) is 0 Å². The normalized spacial score (nSPS) is 22.3. The van der Waals surface area contributed by atoms with Crippen LogP contribution in [0.3, 0.4) is 0 Å². The van der Waals surface area contributed by atoms with Crippen molar-refractivity contribution in [2.75, 3.05) is 42.9 Å². The summed E-state index contributed by atoms with van der Waals surface area (Å²) in [6.45, 7) is 0. The van der Waals surface area contributed by atoms with E-state index in [4.69, 9.17) is 0 Å². The van der Waals surface area contributed by atoms with Crippen molar-refractivity contribution in [1.29, 1.82) is 0 Å². The van der Waals surface area contributed by atoms with Crippen LogP contribution in [0.5, 0.6) is 0 Å². The van der Waals surface area contributed by atoms with Gasteiger partial charge in [0.25, 0.3) is 0 Å². The highest BCUT2D eigenvalue weighted by atomic mass is 32.2. The Bertz CT molecular complexity index is 425. The SMILES string of the molecule is CNc1nc(NC2CCCC2SC)nc(N(C)C)n1. The van der Waals surface area contributed by atoms with Gasteiger partial charge in [-0.15, -0.1) is 0 Å². The molecular formula is C12H22N6S. The molecule has 6 nitrogen and oxygen atoms in total. The number of thioether (sulfide) groups is 1. The fraction of sp³-hybridized carbons (Fsp3) is 0.750. The first-order valence-electron chi connectivity index (χ1n) is 6.54. The second-order valence-corrected chi connectivity index (χ2v) is 5.96. The fourth-order valence-electron chi connectivity index (χ4n) is 2.28. The molecule has 7 heteroatoms. The average molecular weight is 282 g/mol. The minimum Gasteiger partial charge on any atom is -0.357 e. The third kappa shape index (κ3) is 3.40. The molecule has 0 amide bonds. The van der Waals surface area contributed by atoms with Gasteiger partial charge in [0.2, 0.25) is 17.8 Å². The van der Waals surface area contributed by atoms with Crippen LogP contribution in [0.2, 0.25) is 0 Å². The highest BCUT2D eigenvalue weighted by Gasteiger charge is 2.27. The molecule has 0 aromatic carbocycles. The first kappa shape index (κ1) is 14.2. The maximum Gasteiger partial charge on any atom is 0.231 e. The molecule has 1 fully saturated rings. The molecule has 0 aliphatic heterocycles. The fourth-order valence-corrected chi connectivity index (χ4v) is 3.22. The van der Waals surface area contributed by atoms with E-state index in [0.717, 1.165) is 0 Å². The number of hydrogen-bond acceptors (Lipinski definition) is 7. The lowest BCUT2D eigenvalue weighted by Gasteiger charge is -2.20. The molecule has 2 N–H and O–H groups in total. The molecule has 2 rings (SSSR count). The van der Waals surface area contributed by atoms with Gasteiger partial charge in [0.15, 0.2) is 0 Å². The standard InChI is InChI=1S/C12H22N6S/c1-13-10-15-11(17-12(16-10)18(2)3)14-8-6-5-7-9(8)19-4/h8-9H,5-7H2,1-4H3,(H2,13,14,15,16,17). The summed E-state index contributed by atoms with van der Waals surface area (Å²) in [7, 11) is 5.68. The average Bonchev–Trinajstić information content (AvgIpc) is 2.85. The summed E-state index contributed by atoms with van der Waals surface area (Å²) < 4.78 is 0. The molecule has 1 aromatic heterocycles. The van der Waals surface area contributed by atoms with Gasteiger partial charge in [0, 0.05) is 32.4 Å². The van der Waals surface area contributed by atoms with E-state index >= 15 is 0 Å². The summed E-state index contributed by atoms with van der Waals surface area (Å²) in [5.74, 6) is 1.93. The first-order valence-corrected chi connectivity index (χ1v) is 7.83. The molecular weight excluding hydrogens is 260 g/mol. The highest BCUT2D eigenvalue weighted by Crippen LogP contribution is 2.30. The van der Waals surface area contributed by atoms with Gasteiger partial charge in [-0.25, -0.2) is 0 Å². The Morgan fingerprint density at radius 2 is 1.89 bits per heavy atom. The maximum absolute atomic E-state index is 4.46. The molecule has 1 heterocycles. The van der Waals surface area contributed by atoms with Crippen LogP contribution < -0.4 is 15.5 Å². The smallest absolute Gasteiger partial charge is 0.231 e. The lowest BCUT2D eigenvalue weighted by atomic mass is 10.2. The van der Waals surface area contributed by atoms with Gasteiger partial charge in [-0.2, -0.15) is 26.7 Å². The van der Waals surface area contributed by atoms with Crippen LogP contribution in [0.1, 0.15) is 19.3 Å². The van der Waals surface area contributed by atoms with Crippen molar-refractivity contribution in [2.24, 2.45) is 0 Å². The molecule has 1 aliphatic rings. The molecule has 1 aliphatic carbocycles. The zero-order valence-electron chi connectivity index (χ0n) is 12.0. The third-order valence-corrected chi connectivity index (χ3v) is 4.49. The zero-order chi connectivity index (χ0) is 13.8. The number of nitrogens with one attached hydrogen (secondary N) is 2. The first-order chi connectivity index (χ1) is 9.13. The second-order valence-electron chi connectivity index (χ2n) is 4.88. The number of rotatable bonds is 5. The topological polar surface area (TPSA) is 66.0 Å². The monoisotopic (exact) mass is 282 g/mol. The number of nitrogens with zero attached hydrogens (tertiary/aromatic N) is 4. The molecule has 2 atom stereocenters. The van der Waals surface area contributed by atoms with Crippen molar-refractivity contribution in [3.05, 3.63) is 0 Å². The van der Waals surface area contributed by atoms with Crippen LogP contribution in [0, 0.1) is 0 Å². The molecule has 106 valence electrons. The number of aromatic nitrogens is 3. The highest BCUT2D eigenvalue weighted by molar-refractivity contribution is 7.99. The Balaban J connectivity index is 2.17. The van der Waals surface area contributed by atoms with Gasteiger partial charge < -0.3 is 15.5 Å². The van der Waals surface area contributed by atoms with E-state index in [1.165, 1.54) is 19.3 Å². The Hall–Kier alpha value is -1.24. The Kier molecular flexibility index (Phi) is 4.68. The maximum atomic E-state index is 4.46. The lowest BCUT2D eigenvalue weighted by molar-refractivity contribution is 0.753. The van der Waals surface area contributed by atoms with Crippen LogP contribution >= 0.6 is 11.8 Å². The summed E-state index contributed by atoms with van der Waals surface area (Å²) >= 11 is 1.92. The van der Waals surface area contributed by atoms with Crippen molar-refractivity contribution in [3.63, 3.8) is 0 Å². The van der Waals surface area contributed by atoms with E-state index in [2.05, 4.69) is 31.8 Å². The van der Waals surface area contributed by atoms with E-state index in [1.807, 2.05) is 37.8 Å². The van der Waals surface area contributed by atoms with Crippen LogP contribution in [0.25, 0.3) is 0 Å². The summed E-state index contributed by atoms with van der Waals surface area (Å²) in [4.78, 5) is 15.0. The van der Waals surface area contributed by atoms with E-state index < -0.39 is 0 Å².